The number of hydrogen-bond acceptors (Lipinski definition) is 6. The summed E-state index contributed by atoms with van der Waals surface area (Å²) in [6.45, 7) is 1.43. The average molecular weight is 324 g/mol. The van der Waals surface area contributed by atoms with Crippen LogP contribution in [0.1, 0.15) is 22.2 Å². The molecule has 1 aliphatic rings. The zero-order valence-corrected chi connectivity index (χ0v) is 12.8. The summed E-state index contributed by atoms with van der Waals surface area (Å²) in [5, 5.41) is 10.6. The number of aromatic amines is 1. The summed E-state index contributed by atoms with van der Waals surface area (Å²) in [5.74, 6) is 0.383. The second kappa shape index (κ2) is 5.89. The summed E-state index contributed by atoms with van der Waals surface area (Å²) in [7, 11) is 0. The van der Waals surface area contributed by atoms with Crippen LogP contribution in [0, 0.1) is 0 Å². The largest absolute Gasteiger partial charge is 0.384 e. The molecule has 2 aromatic heterocycles. The normalized spacial score (nSPS) is 18.0. The maximum absolute atomic E-state index is 12.8. The van der Waals surface area contributed by atoms with Gasteiger partial charge in [0.2, 0.25) is 0 Å². The van der Waals surface area contributed by atoms with E-state index < -0.39 is 0 Å². The number of nitrogen functional groups attached to an aromatic ring is 1. The maximum atomic E-state index is 12.8. The fourth-order valence-electron chi connectivity index (χ4n) is 2.82. The first-order valence-electron chi connectivity index (χ1n) is 7.64. The van der Waals surface area contributed by atoms with Gasteiger partial charge in [0.15, 0.2) is 0 Å². The highest BCUT2D eigenvalue weighted by atomic mass is 16.5. The van der Waals surface area contributed by atoms with Crippen LogP contribution in [0.2, 0.25) is 0 Å². The smallest absolute Gasteiger partial charge is 0.254 e. The number of fused-ring (bicyclic) bond motifs is 1. The number of morpholine rings is 1. The van der Waals surface area contributed by atoms with E-state index in [1.54, 1.807) is 29.2 Å². The summed E-state index contributed by atoms with van der Waals surface area (Å²) in [6.07, 6.45) is -0.276. The van der Waals surface area contributed by atoms with Gasteiger partial charge < -0.3 is 15.4 Å². The Balaban J connectivity index is 1.55. The Morgan fingerprint density at radius 3 is 3.00 bits per heavy atom. The number of benzene rings is 1. The molecule has 0 bridgehead atoms. The van der Waals surface area contributed by atoms with Crippen molar-refractivity contribution in [1.29, 1.82) is 0 Å². The topological polar surface area (TPSA) is 110 Å². The molecule has 1 aromatic carbocycles. The summed E-state index contributed by atoms with van der Waals surface area (Å²) in [4.78, 5) is 18.8. The molecule has 3 heterocycles. The molecule has 1 atom stereocenters. The minimum Gasteiger partial charge on any atom is -0.384 e. The van der Waals surface area contributed by atoms with E-state index in [2.05, 4.69) is 20.4 Å². The fourth-order valence-corrected chi connectivity index (χ4v) is 2.82. The van der Waals surface area contributed by atoms with Crippen LogP contribution >= 0.6 is 0 Å². The van der Waals surface area contributed by atoms with Gasteiger partial charge >= 0.3 is 0 Å². The number of carbonyl (C=O) groups excluding carboxylic acids is 1. The summed E-state index contributed by atoms with van der Waals surface area (Å²) < 4.78 is 5.75. The van der Waals surface area contributed by atoms with Gasteiger partial charge in [0.05, 0.1) is 18.8 Å². The Labute approximate surface area is 137 Å². The molecular weight excluding hydrogens is 308 g/mol. The van der Waals surface area contributed by atoms with Gasteiger partial charge in [-0.3, -0.25) is 4.79 Å². The quantitative estimate of drug-likeness (QED) is 0.731. The van der Waals surface area contributed by atoms with Crippen molar-refractivity contribution in [2.75, 3.05) is 25.4 Å². The van der Waals surface area contributed by atoms with E-state index in [4.69, 9.17) is 10.5 Å². The van der Waals surface area contributed by atoms with Crippen LogP contribution in [-0.4, -0.2) is 50.9 Å². The number of anilines is 1. The molecule has 0 radical (unpaired) electrons. The van der Waals surface area contributed by atoms with E-state index in [0.717, 1.165) is 11.2 Å². The number of carbonyl (C=O) groups is 1. The second-order valence-corrected chi connectivity index (χ2v) is 5.63. The number of aromatic nitrogens is 4. The van der Waals surface area contributed by atoms with Crippen LogP contribution < -0.4 is 5.73 Å². The lowest BCUT2D eigenvalue weighted by molar-refractivity contribution is -0.0246. The van der Waals surface area contributed by atoms with Crippen molar-refractivity contribution in [3.63, 3.8) is 0 Å². The Kier molecular flexibility index (Phi) is 3.58. The molecule has 0 saturated carbocycles. The lowest BCUT2D eigenvalue weighted by atomic mass is 10.1. The molecule has 1 fully saturated rings. The van der Waals surface area contributed by atoms with Crippen molar-refractivity contribution < 1.29 is 9.53 Å². The number of hydrogen-bond donors (Lipinski definition) is 2. The molecule has 0 spiro atoms. The van der Waals surface area contributed by atoms with Gasteiger partial charge in [0, 0.05) is 12.1 Å². The average Bonchev–Trinajstić information content (AvgIpc) is 3.09. The summed E-state index contributed by atoms with van der Waals surface area (Å²) in [6, 6.07) is 10.7. The highest BCUT2D eigenvalue weighted by molar-refractivity contribution is 5.97. The number of H-pyrrole nitrogens is 1. The SMILES string of the molecule is Nc1cccc([C@@H]2CN(C(=O)c3ccc4n[nH]nc4c3)CCO2)n1. The van der Waals surface area contributed by atoms with Crippen LogP contribution in [0.25, 0.3) is 11.0 Å². The molecular formula is C16H16N6O2. The lowest BCUT2D eigenvalue weighted by Crippen LogP contribution is -2.42. The molecule has 1 saturated heterocycles. The van der Waals surface area contributed by atoms with Crippen molar-refractivity contribution in [3.05, 3.63) is 47.7 Å². The third kappa shape index (κ3) is 2.67. The first-order valence-corrected chi connectivity index (χ1v) is 7.64. The number of amides is 1. The number of ether oxygens (including phenoxy) is 1. The van der Waals surface area contributed by atoms with E-state index in [9.17, 15) is 4.79 Å². The predicted molar refractivity (Wildman–Crippen MR) is 87.1 cm³/mol. The molecule has 1 amide bonds. The fraction of sp³-hybridized carbons (Fsp3) is 0.250. The molecule has 3 aromatic rings. The van der Waals surface area contributed by atoms with Gasteiger partial charge in [0.1, 0.15) is 23.0 Å². The van der Waals surface area contributed by atoms with Crippen LogP contribution in [0.15, 0.2) is 36.4 Å². The number of nitrogens with two attached hydrogens (primary N) is 1. The highest BCUT2D eigenvalue weighted by Gasteiger charge is 2.27. The highest BCUT2D eigenvalue weighted by Crippen LogP contribution is 2.23. The third-order valence-electron chi connectivity index (χ3n) is 4.04. The summed E-state index contributed by atoms with van der Waals surface area (Å²) in [5.41, 5.74) is 8.45. The van der Waals surface area contributed by atoms with Gasteiger partial charge in [0.25, 0.3) is 5.91 Å². The number of nitrogens with one attached hydrogen (secondary N) is 1. The number of rotatable bonds is 2. The monoisotopic (exact) mass is 324 g/mol. The zero-order valence-electron chi connectivity index (χ0n) is 12.8. The standard InChI is InChI=1S/C16H16N6O2/c17-15-3-1-2-12(18-15)14-9-22(6-7-24-14)16(23)10-4-5-11-13(8-10)20-21-19-11/h1-5,8,14H,6-7,9H2,(H2,17,18)(H,19,20,21)/t14-/m0/s1. The molecule has 8 heteroatoms. The van der Waals surface area contributed by atoms with Crippen LogP contribution in [0.3, 0.4) is 0 Å². The van der Waals surface area contributed by atoms with E-state index in [0.29, 0.717) is 36.6 Å². The van der Waals surface area contributed by atoms with Crippen molar-refractivity contribution in [2.24, 2.45) is 0 Å². The van der Waals surface area contributed by atoms with E-state index >= 15 is 0 Å². The van der Waals surface area contributed by atoms with Crippen molar-refractivity contribution >= 4 is 22.8 Å². The van der Waals surface area contributed by atoms with Crippen molar-refractivity contribution in [2.45, 2.75) is 6.10 Å². The molecule has 3 N–H and O–H groups in total. The Hall–Kier alpha value is -3.00. The lowest BCUT2D eigenvalue weighted by Gasteiger charge is -2.32. The Bertz CT molecular complexity index is 893. The maximum Gasteiger partial charge on any atom is 0.254 e. The van der Waals surface area contributed by atoms with Gasteiger partial charge in [-0.2, -0.15) is 15.4 Å². The van der Waals surface area contributed by atoms with Gasteiger partial charge in [-0.15, -0.1) is 0 Å². The zero-order chi connectivity index (χ0) is 16.5. The van der Waals surface area contributed by atoms with Gasteiger partial charge in [-0.25, -0.2) is 4.98 Å². The molecule has 24 heavy (non-hydrogen) atoms. The van der Waals surface area contributed by atoms with Crippen molar-refractivity contribution in [3.8, 4) is 0 Å². The van der Waals surface area contributed by atoms with Crippen LogP contribution in [0.4, 0.5) is 5.82 Å². The molecule has 8 nitrogen and oxygen atoms in total. The summed E-state index contributed by atoms with van der Waals surface area (Å²) >= 11 is 0. The molecule has 4 rings (SSSR count). The second-order valence-electron chi connectivity index (χ2n) is 5.63. The molecule has 1 aliphatic heterocycles. The third-order valence-corrected chi connectivity index (χ3v) is 4.04. The van der Waals surface area contributed by atoms with E-state index in [1.165, 1.54) is 0 Å². The Morgan fingerprint density at radius 1 is 1.25 bits per heavy atom. The minimum atomic E-state index is -0.276. The van der Waals surface area contributed by atoms with E-state index in [1.807, 2.05) is 12.1 Å². The van der Waals surface area contributed by atoms with Crippen LogP contribution in [-0.2, 0) is 4.74 Å². The van der Waals surface area contributed by atoms with Gasteiger partial charge in [-0.05, 0) is 30.3 Å². The first-order chi connectivity index (χ1) is 11.7. The van der Waals surface area contributed by atoms with Crippen molar-refractivity contribution in [1.82, 2.24) is 25.3 Å². The number of nitrogens with zero attached hydrogens (tertiary/aromatic N) is 4. The van der Waals surface area contributed by atoms with Gasteiger partial charge in [-0.1, -0.05) is 6.07 Å². The molecule has 0 unspecified atom stereocenters. The Morgan fingerprint density at radius 2 is 2.12 bits per heavy atom. The molecule has 122 valence electrons. The van der Waals surface area contributed by atoms with E-state index in [-0.39, 0.29) is 12.0 Å². The predicted octanol–water partition coefficient (Wildman–Crippen LogP) is 1.15. The first kappa shape index (κ1) is 14.6. The minimum absolute atomic E-state index is 0.0582. The number of pyridine rings is 1. The van der Waals surface area contributed by atoms with Crippen LogP contribution in [0.5, 0.6) is 0 Å². The molecule has 0 aliphatic carbocycles.